The number of carbonyl (C=O) groups is 1. The second-order valence-corrected chi connectivity index (χ2v) is 5.69. The zero-order valence-corrected chi connectivity index (χ0v) is 14.0. The highest BCUT2D eigenvalue weighted by atomic mass is 19.1. The van der Waals surface area contributed by atoms with E-state index in [1.54, 1.807) is 23.3 Å². The summed E-state index contributed by atoms with van der Waals surface area (Å²) in [5, 5.41) is 9.33. The number of benzene rings is 1. The number of nitrogens with zero attached hydrogens (tertiary/aromatic N) is 3. The van der Waals surface area contributed by atoms with Gasteiger partial charge in [0.25, 0.3) is 0 Å². The molecule has 0 bridgehead atoms. The molecule has 0 spiro atoms. The van der Waals surface area contributed by atoms with Crippen LogP contribution >= 0.6 is 0 Å². The fraction of sp³-hybridized carbons (Fsp3) is 0.167. The summed E-state index contributed by atoms with van der Waals surface area (Å²) in [5.41, 5.74) is 2.82. The van der Waals surface area contributed by atoms with Gasteiger partial charge in [-0.3, -0.25) is 9.67 Å². The van der Waals surface area contributed by atoms with Crippen molar-refractivity contribution in [2.75, 3.05) is 0 Å². The van der Waals surface area contributed by atoms with Gasteiger partial charge in [0.05, 0.1) is 5.69 Å². The molecule has 2 N–H and O–H groups in total. The summed E-state index contributed by atoms with van der Waals surface area (Å²) >= 11 is 0. The first-order chi connectivity index (χ1) is 12.5. The molecule has 2 heterocycles. The molecule has 8 heteroatoms. The van der Waals surface area contributed by atoms with Crippen molar-refractivity contribution in [3.63, 3.8) is 0 Å². The minimum absolute atomic E-state index is 0.0365. The molecule has 26 heavy (non-hydrogen) atoms. The molecule has 134 valence electrons. The molecule has 2 amide bonds. The van der Waals surface area contributed by atoms with Crippen molar-refractivity contribution in [1.29, 1.82) is 0 Å². The minimum Gasteiger partial charge on any atom is -0.334 e. The summed E-state index contributed by atoms with van der Waals surface area (Å²) in [6.45, 7) is 0.224. The molecule has 0 unspecified atom stereocenters. The van der Waals surface area contributed by atoms with Gasteiger partial charge >= 0.3 is 6.03 Å². The maximum Gasteiger partial charge on any atom is 0.315 e. The van der Waals surface area contributed by atoms with Crippen LogP contribution in [0.25, 0.3) is 11.3 Å². The number of pyridine rings is 1. The Morgan fingerprint density at radius 3 is 2.65 bits per heavy atom. The molecular formula is C18H17F2N5O. The topological polar surface area (TPSA) is 71.8 Å². The van der Waals surface area contributed by atoms with Crippen LogP contribution in [0.4, 0.5) is 13.6 Å². The molecule has 3 aromatic rings. The molecular weight excluding hydrogens is 340 g/mol. The Morgan fingerprint density at radius 2 is 1.92 bits per heavy atom. The third-order valence-corrected chi connectivity index (χ3v) is 3.82. The Bertz CT molecular complexity index is 925. The van der Waals surface area contributed by atoms with Crippen molar-refractivity contribution in [2.24, 2.45) is 7.05 Å². The Balaban J connectivity index is 1.55. The van der Waals surface area contributed by atoms with Crippen molar-refractivity contribution >= 4 is 6.03 Å². The first-order valence-corrected chi connectivity index (χ1v) is 7.91. The SMILES string of the molecule is Cn1nccc1-c1cncc(CNC(=O)NCc2ccc(F)cc2F)c1. The number of aryl methyl sites for hydroxylation is 1. The van der Waals surface area contributed by atoms with Crippen LogP contribution in [0.1, 0.15) is 11.1 Å². The quantitative estimate of drug-likeness (QED) is 0.738. The molecule has 0 saturated heterocycles. The second-order valence-electron chi connectivity index (χ2n) is 5.69. The zero-order valence-electron chi connectivity index (χ0n) is 14.0. The molecule has 0 fully saturated rings. The van der Waals surface area contributed by atoms with Gasteiger partial charge in [-0.25, -0.2) is 13.6 Å². The number of rotatable bonds is 5. The summed E-state index contributed by atoms with van der Waals surface area (Å²) in [7, 11) is 1.84. The first-order valence-electron chi connectivity index (χ1n) is 7.91. The zero-order chi connectivity index (χ0) is 18.5. The molecule has 0 aliphatic rings. The lowest BCUT2D eigenvalue weighted by Gasteiger charge is -2.09. The molecule has 0 aliphatic heterocycles. The smallest absolute Gasteiger partial charge is 0.315 e. The van der Waals surface area contributed by atoms with Crippen LogP contribution in [0.15, 0.2) is 48.9 Å². The van der Waals surface area contributed by atoms with Crippen molar-refractivity contribution in [2.45, 2.75) is 13.1 Å². The number of hydrogen-bond donors (Lipinski definition) is 2. The van der Waals surface area contributed by atoms with Crippen LogP contribution in [0.5, 0.6) is 0 Å². The highest BCUT2D eigenvalue weighted by molar-refractivity contribution is 5.73. The van der Waals surface area contributed by atoms with E-state index in [0.717, 1.165) is 29.0 Å². The number of nitrogens with one attached hydrogen (secondary N) is 2. The number of carbonyl (C=O) groups excluding carboxylic acids is 1. The van der Waals surface area contributed by atoms with E-state index in [4.69, 9.17) is 0 Å². The number of halogens is 2. The highest BCUT2D eigenvalue weighted by Gasteiger charge is 2.07. The van der Waals surface area contributed by atoms with E-state index in [-0.39, 0.29) is 18.7 Å². The predicted molar refractivity (Wildman–Crippen MR) is 91.9 cm³/mol. The number of hydrogen-bond acceptors (Lipinski definition) is 3. The lowest BCUT2D eigenvalue weighted by molar-refractivity contribution is 0.240. The van der Waals surface area contributed by atoms with E-state index in [1.807, 2.05) is 19.2 Å². The molecule has 0 saturated carbocycles. The third-order valence-electron chi connectivity index (χ3n) is 3.82. The average Bonchev–Trinajstić information content (AvgIpc) is 3.05. The van der Waals surface area contributed by atoms with Crippen LogP contribution < -0.4 is 10.6 Å². The van der Waals surface area contributed by atoms with Gasteiger partial charge in [0.15, 0.2) is 0 Å². The van der Waals surface area contributed by atoms with Gasteiger partial charge in [-0.15, -0.1) is 0 Å². The Labute approximate surface area is 148 Å². The van der Waals surface area contributed by atoms with Crippen molar-refractivity contribution in [3.05, 3.63) is 71.7 Å². The molecule has 3 rings (SSSR count). The third kappa shape index (κ3) is 4.21. The van der Waals surface area contributed by atoms with Gasteiger partial charge in [0, 0.05) is 55.9 Å². The van der Waals surface area contributed by atoms with Gasteiger partial charge in [0.2, 0.25) is 0 Å². The number of urea groups is 1. The van der Waals surface area contributed by atoms with E-state index < -0.39 is 17.7 Å². The molecule has 0 atom stereocenters. The number of aromatic nitrogens is 3. The van der Waals surface area contributed by atoms with Gasteiger partial charge in [-0.05, 0) is 23.8 Å². The Hall–Kier alpha value is -3.29. The maximum absolute atomic E-state index is 13.5. The summed E-state index contributed by atoms with van der Waals surface area (Å²) in [4.78, 5) is 16.1. The maximum atomic E-state index is 13.5. The predicted octanol–water partition coefficient (Wildman–Crippen LogP) is 2.76. The Morgan fingerprint density at radius 1 is 1.12 bits per heavy atom. The van der Waals surface area contributed by atoms with E-state index in [1.165, 1.54) is 6.07 Å². The summed E-state index contributed by atoms with van der Waals surface area (Å²) < 4.78 is 28.1. The van der Waals surface area contributed by atoms with Gasteiger partial charge in [0.1, 0.15) is 11.6 Å². The largest absolute Gasteiger partial charge is 0.334 e. The monoisotopic (exact) mass is 357 g/mol. The molecule has 0 radical (unpaired) electrons. The van der Waals surface area contributed by atoms with Crippen LogP contribution in [-0.4, -0.2) is 20.8 Å². The van der Waals surface area contributed by atoms with Crippen molar-refractivity contribution in [1.82, 2.24) is 25.4 Å². The first kappa shape index (κ1) is 17.5. The lowest BCUT2D eigenvalue weighted by atomic mass is 10.1. The van der Waals surface area contributed by atoms with E-state index in [0.29, 0.717) is 0 Å². The van der Waals surface area contributed by atoms with Gasteiger partial charge < -0.3 is 10.6 Å². The standard InChI is InChI=1S/C18H17F2N5O/c1-25-17(4-5-24-25)14-6-12(8-21-10-14)9-22-18(26)23-11-13-2-3-15(19)7-16(13)20/h2-8,10H,9,11H2,1H3,(H2,22,23,26). The van der Waals surface area contributed by atoms with Crippen LogP contribution in [-0.2, 0) is 20.1 Å². The fourth-order valence-corrected chi connectivity index (χ4v) is 2.47. The van der Waals surface area contributed by atoms with E-state index in [2.05, 4.69) is 20.7 Å². The average molecular weight is 357 g/mol. The highest BCUT2D eigenvalue weighted by Crippen LogP contribution is 2.18. The number of amides is 2. The molecule has 2 aromatic heterocycles. The fourth-order valence-electron chi connectivity index (χ4n) is 2.47. The van der Waals surface area contributed by atoms with Crippen LogP contribution in [0.2, 0.25) is 0 Å². The normalized spacial score (nSPS) is 10.6. The lowest BCUT2D eigenvalue weighted by Crippen LogP contribution is -2.34. The second kappa shape index (κ2) is 7.73. The van der Waals surface area contributed by atoms with Gasteiger partial charge in [-0.1, -0.05) is 6.07 Å². The van der Waals surface area contributed by atoms with Crippen molar-refractivity contribution < 1.29 is 13.6 Å². The summed E-state index contributed by atoms with van der Waals surface area (Å²) in [5.74, 6) is -1.35. The summed E-state index contributed by atoms with van der Waals surface area (Å²) in [6, 6.07) is 6.55. The van der Waals surface area contributed by atoms with E-state index in [9.17, 15) is 13.6 Å². The van der Waals surface area contributed by atoms with Crippen molar-refractivity contribution in [3.8, 4) is 11.3 Å². The van der Waals surface area contributed by atoms with Crippen LogP contribution in [0, 0.1) is 11.6 Å². The van der Waals surface area contributed by atoms with Crippen LogP contribution in [0.3, 0.4) is 0 Å². The molecule has 0 aliphatic carbocycles. The molecule has 6 nitrogen and oxygen atoms in total. The molecule has 1 aromatic carbocycles. The van der Waals surface area contributed by atoms with Gasteiger partial charge in [-0.2, -0.15) is 5.10 Å². The Kier molecular flexibility index (Phi) is 5.21. The van der Waals surface area contributed by atoms with E-state index >= 15 is 0 Å². The minimum atomic E-state index is -0.696. The summed E-state index contributed by atoms with van der Waals surface area (Å²) in [6.07, 6.45) is 5.07.